The molecule has 0 N–H and O–H groups in total. The minimum absolute atomic E-state index is 0.00985. The van der Waals surface area contributed by atoms with Gasteiger partial charge in [-0.15, -0.1) is 0 Å². The molecule has 0 bridgehead atoms. The van der Waals surface area contributed by atoms with Gasteiger partial charge in [0.25, 0.3) is 10.0 Å². The number of methoxy groups -OCH3 is 1. The van der Waals surface area contributed by atoms with E-state index in [1.165, 1.54) is 16.6 Å². The second-order valence-electron chi connectivity index (χ2n) is 6.49. The molecule has 1 aliphatic heterocycles. The lowest BCUT2D eigenvalue weighted by molar-refractivity contribution is 0.414. The summed E-state index contributed by atoms with van der Waals surface area (Å²) in [7, 11) is -2.30. The first-order valence-electron chi connectivity index (χ1n) is 9.14. The molecule has 1 aromatic heterocycles. The number of allylic oxidation sites excluding steroid dienone is 2. The zero-order valence-corrected chi connectivity index (χ0v) is 16.7. The summed E-state index contributed by atoms with van der Waals surface area (Å²) in [6.45, 7) is 0. The first-order valence-corrected chi connectivity index (χ1v) is 10.6. The summed E-state index contributed by atoms with van der Waals surface area (Å²) in [4.78, 5) is 4.11. The van der Waals surface area contributed by atoms with Gasteiger partial charge >= 0.3 is 0 Å². The topological polar surface area (TPSA) is 59.5 Å². The van der Waals surface area contributed by atoms with Crippen molar-refractivity contribution in [3.63, 3.8) is 0 Å². The smallest absolute Gasteiger partial charge is 0.282 e. The second kappa shape index (κ2) is 7.93. The minimum Gasteiger partial charge on any atom is -0.497 e. The molecule has 146 valence electrons. The van der Waals surface area contributed by atoms with Gasteiger partial charge < -0.3 is 4.74 Å². The second-order valence-corrected chi connectivity index (χ2v) is 8.25. The van der Waals surface area contributed by atoms with Crippen LogP contribution >= 0.6 is 0 Å². The van der Waals surface area contributed by atoms with Crippen LogP contribution in [0, 0.1) is 0 Å². The number of benzene rings is 2. The number of hydrogen-bond acceptors (Lipinski definition) is 4. The van der Waals surface area contributed by atoms with E-state index in [1.807, 2.05) is 72.8 Å². The standard InChI is InChI=1S/C23H20N2O3S/c1-28-20-15-13-19(14-16-20)22-11-7-10-21(18-8-3-2-4-9-18)25(22)29(26,27)23-12-5-6-17-24-23/h2-17,22H,1H3. The summed E-state index contributed by atoms with van der Waals surface area (Å²) < 4.78 is 34.0. The van der Waals surface area contributed by atoms with Crippen LogP contribution in [0.3, 0.4) is 0 Å². The molecule has 0 saturated heterocycles. The first-order chi connectivity index (χ1) is 14.1. The molecule has 3 aromatic rings. The Morgan fingerprint density at radius 1 is 0.931 bits per heavy atom. The van der Waals surface area contributed by atoms with Crippen LogP contribution < -0.4 is 4.74 Å². The van der Waals surface area contributed by atoms with Crippen molar-refractivity contribution in [3.8, 4) is 5.75 Å². The predicted molar refractivity (Wildman–Crippen MR) is 113 cm³/mol. The van der Waals surface area contributed by atoms with Crippen LogP contribution in [0.5, 0.6) is 5.75 Å². The third kappa shape index (κ3) is 3.67. The van der Waals surface area contributed by atoms with Gasteiger partial charge in [-0.1, -0.05) is 60.7 Å². The van der Waals surface area contributed by atoms with E-state index in [0.29, 0.717) is 11.4 Å². The van der Waals surface area contributed by atoms with Crippen molar-refractivity contribution >= 4 is 15.7 Å². The van der Waals surface area contributed by atoms with Gasteiger partial charge in [0.15, 0.2) is 5.03 Å². The fourth-order valence-electron chi connectivity index (χ4n) is 3.31. The lowest BCUT2D eigenvalue weighted by Crippen LogP contribution is -2.34. The van der Waals surface area contributed by atoms with Crippen molar-refractivity contribution in [2.24, 2.45) is 0 Å². The Morgan fingerprint density at radius 2 is 1.66 bits per heavy atom. The number of aromatic nitrogens is 1. The van der Waals surface area contributed by atoms with Gasteiger partial charge in [-0.05, 0) is 41.5 Å². The molecule has 29 heavy (non-hydrogen) atoms. The van der Waals surface area contributed by atoms with Gasteiger partial charge in [0.1, 0.15) is 5.75 Å². The highest BCUT2D eigenvalue weighted by Crippen LogP contribution is 2.39. The molecule has 2 aromatic carbocycles. The minimum atomic E-state index is -3.90. The van der Waals surface area contributed by atoms with Crippen molar-refractivity contribution in [1.29, 1.82) is 0 Å². The van der Waals surface area contributed by atoms with Crippen molar-refractivity contribution in [1.82, 2.24) is 9.29 Å². The van der Waals surface area contributed by atoms with Gasteiger partial charge in [0.05, 0.1) is 18.8 Å². The molecule has 5 nitrogen and oxygen atoms in total. The average molecular weight is 404 g/mol. The van der Waals surface area contributed by atoms with Gasteiger partial charge in [-0.2, -0.15) is 8.42 Å². The molecule has 0 radical (unpaired) electrons. The molecule has 0 aliphatic carbocycles. The Balaban J connectivity index is 1.86. The van der Waals surface area contributed by atoms with Gasteiger partial charge in [-0.25, -0.2) is 4.98 Å². The summed E-state index contributed by atoms with van der Waals surface area (Å²) in [5, 5.41) is 0.00985. The van der Waals surface area contributed by atoms with Crippen LogP contribution in [0.15, 0.2) is 102 Å². The van der Waals surface area contributed by atoms with E-state index in [1.54, 1.807) is 19.2 Å². The Morgan fingerprint density at radius 3 is 2.31 bits per heavy atom. The SMILES string of the molecule is COc1ccc(C2C=CC=C(c3ccccc3)N2S(=O)(=O)c2ccccn2)cc1. The Bertz CT molecular complexity index is 1140. The van der Waals surface area contributed by atoms with Gasteiger partial charge in [0, 0.05) is 6.20 Å². The Kier molecular flexibility index (Phi) is 5.18. The Labute approximate surface area is 170 Å². The summed E-state index contributed by atoms with van der Waals surface area (Å²) in [5.41, 5.74) is 2.25. The lowest BCUT2D eigenvalue weighted by atomic mass is 10.0. The largest absolute Gasteiger partial charge is 0.497 e. The number of nitrogens with zero attached hydrogens (tertiary/aromatic N) is 2. The number of ether oxygens (including phenoxy) is 1. The zero-order chi connectivity index (χ0) is 20.3. The molecule has 0 spiro atoms. The van der Waals surface area contributed by atoms with Crippen LogP contribution in [0.25, 0.3) is 5.70 Å². The average Bonchev–Trinajstić information content (AvgIpc) is 2.80. The van der Waals surface area contributed by atoms with E-state index in [9.17, 15) is 8.42 Å². The van der Waals surface area contributed by atoms with Crippen LogP contribution in [-0.2, 0) is 10.0 Å². The molecular weight excluding hydrogens is 384 g/mol. The first kappa shape index (κ1) is 19.0. The molecule has 4 rings (SSSR count). The van der Waals surface area contributed by atoms with Crippen molar-refractivity contribution in [3.05, 3.63) is 108 Å². The van der Waals surface area contributed by atoms with E-state index < -0.39 is 16.1 Å². The third-order valence-corrected chi connectivity index (χ3v) is 6.44. The maximum absolute atomic E-state index is 13.6. The number of hydrogen-bond donors (Lipinski definition) is 0. The lowest BCUT2D eigenvalue weighted by Gasteiger charge is -2.35. The zero-order valence-electron chi connectivity index (χ0n) is 15.8. The van der Waals surface area contributed by atoms with Crippen molar-refractivity contribution in [2.75, 3.05) is 7.11 Å². The molecule has 0 amide bonds. The molecule has 6 heteroatoms. The monoisotopic (exact) mass is 404 g/mol. The fraction of sp³-hybridized carbons (Fsp3) is 0.0870. The van der Waals surface area contributed by atoms with E-state index in [0.717, 1.165) is 11.1 Å². The third-order valence-electron chi connectivity index (χ3n) is 4.73. The summed E-state index contributed by atoms with van der Waals surface area (Å²) in [6.07, 6.45) is 7.06. The van der Waals surface area contributed by atoms with Crippen molar-refractivity contribution in [2.45, 2.75) is 11.1 Å². The van der Waals surface area contributed by atoms with Crippen LogP contribution in [-0.4, -0.2) is 24.8 Å². The van der Waals surface area contributed by atoms with Crippen LogP contribution in [0.4, 0.5) is 0 Å². The normalized spacial score (nSPS) is 16.4. The highest BCUT2D eigenvalue weighted by molar-refractivity contribution is 7.89. The molecular formula is C23H20N2O3S. The predicted octanol–water partition coefficient (Wildman–Crippen LogP) is 4.43. The van der Waals surface area contributed by atoms with Crippen molar-refractivity contribution < 1.29 is 13.2 Å². The molecule has 0 fully saturated rings. The Hall–Kier alpha value is -3.38. The summed E-state index contributed by atoms with van der Waals surface area (Å²) in [6, 6.07) is 21.3. The molecule has 0 saturated carbocycles. The highest BCUT2D eigenvalue weighted by atomic mass is 32.2. The van der Waals surface area contributed by atoms with Crippen LogP contribution in [0.2, 0.25) is 0 Å². The van der Waals surface area contributed by atoms with Gasteiger partial charge in [0.2, 0.25) is 0 Å². The molecule has 1 atom stereocenters. The fourth-order valence-corrected chi connectivity index (χ4v) is 4.88. The maximum atomic E-state index is 13.6. The maximum Gasteiger partial charge on any atom is 0.282 e. The molecule has 1 aliphatic rings. The number of sulfonamides is 1. The van der Waals surface area contributed by atoms with E-state index in [4.69, 9.17) is 4.74 Å². The molecule has 2 heterocycles. The van der Waals surface area contributed by atoms with Crippen LogP contribution in [0.1, 0.15) is 17.2 Å². The van der Waals surface area contributed by atoms with E-state index in [2.05, 4.69) is 4.98 Å². The number of pyridine rings is 1. The number of rotatable bonds is 5. The summed E-state index contributed by atoms with van der Waals surface area (Å²) >= 11 is 0. The van der Waals surface area contributed by atoms with E-state index >= 15 is 0 Å². The molecule has 1 unspecified atom stereocenters. The van der Waals surface area contributed by atoms with Gasteiger partial charge in [-0.3, -0.25) is 4.31 Å². The highest BCUT2D eigenvalue weighted by Gasteiger charge is 2.35. The summed E-state index contributed by atoms with van der Waals surface area (Å²) in [5.74, 6) is 0.714. The van der Waals surface area contributed by atoms with E-state index in [-0.39, 0.29) is 5.03 Å². The quantitative estimate of drug-likeness (QED) is 0.631.